The molecule has 2 rings (SSSR count). The topological polar surface area (TPSA) is 15.3 Å². The maximum atomic E-state index is 13.2. The van der Waals surface area contributed by atoms with Gasteiger partial charge in [0.25, 0.3) is 0 Å². The van der Waals surface area contributed by atoms with E-state index in [1.54, 1.807) is 12.1 Å². The molecule has 1 heterocycles. The molecule has 0 radical (unpaired) electrons. The van der Waals surface area contributed by atoms with Crippen molar-refractivity contribution in [3.05, 3.63) is 35.6 Å². The van der Waals surface area contributed by atoms with Crippen LogP contribution in [0.25, 0.3) is 0 Å². The zero-order chi connectivity index (χ0) is 12.8. The number of hydrogen-bond donors (Lipinski definition) is 1. The van der Waals surface area contributed by atoms with Crippen LogP contribution >= 0.6 is 0 Å². The summed E-state index contributed by atoms with van der Waals surface area (Å²) in [6, 6.07) is 7.64. The third kappa shape index (κ3) is 3.79. The lowest BCUT2D eigenvalue weighted by Gasteiger charge is -2.36. The fourth-order valence-electron chi connectivity index (χ4n) is 2.78. The van der Waals surface area contributed by atoms with Gasteiger partial charge in [-0.3, -0.25) is 4.90 Å². The molecule has 0 spiro atoms. The van der Waals surface area contributed by atoms with Crippen LogP contribution in [0.2, 0.25) is 0 Å². The molecular weight excluding hydrogens is 227 g/mol. The SMILES string of the molecule is CNCCC1CCCCN1Cc1cccc(F)c1. The summed E-state index contributed by atoms with van der Waals surface area (Å²) in [7, 11) is 2.00. The second-order valence-electron chi connectivity index (χ2n) is 5.14. The molecule has 1 N–H and O–H groups in total. The molecule has 0 aromatic heterocycles. The molecule has 18 heavy (non-hydrogen) atoms. The molecule has 0 saturated carbocycles. The summed E-state index contributed by atoms with van der Waals surface area (Å²) in [5.41, 5.74) is 1.09. The number of nitrogens with one attached hydrogen (secondary N) is 1. The lowest BCUT2D eigenvalue weighted by molar-refractivity contribution is 0.132. The Balaban J connectivity index is 1.96. The van der Waals surface area contributed by atoms with E-state index >= 15 is 0 Å². The van der Waals surface area contributed by atoms with Crippen molar-refractivity contribution < 1.29 is 4.39 Å². The second kappa shape index (κ2) is 6.86. The molecule has 1 fully saturated rings. The van der Waals surface area contributed by atoms with Gasteiger partial charge in [-0.05, 0) is 57.1 Å². The van der Waals surface area contributed by atoms with Gasteiger partial charge in [0.1, 0.15) is 5.82 Å². The minimum atomic E-state index is -0.128. The van der Waals surface area contributed by atoms with E-state index < -0.39 is 0 Å². The standard InChI is InChI=1S/C15H23FN2/c1-17-9-8-15-7-2-3-10-18(15)12-13-5-4-6-14(16)11-13/h4-6,11,15,17H,2-3,7-10,12H2,1H3. The summed E-state index contributed by atoms with van der Waals surface area (Å²) in [4.78, 5) is 2.51. The molecular formula is C15H23FN2. The van der Waals surface area contributed by atoms with Gasteiger partial charge in [0.2, 0.25) is 0 Å². The number of halogens is 1. The Kier molecular flexibility index (Phi) is 5.14. The zero-order valence-electron chi connectivity index (χ0n) is 11.2. The van der Waals surface area contributed by atoms with Gasteiger partial charge in [-0.1, -0.05) is 18.6 Å². The molecule has 2 nitrogen and oxygen atoms in total. The summed E-state index contributed by atoms with van der Waals surface area (Å²) in [5.74, 6) is -0.128. The van der Waals surface area contributed by atoms with Crippen LogP contribution in [0.1, 0.15) is 31.2 Å². The van der Waals surface area contributed by atoms with Crippen LogP contribution in [0.4, 0.5) is 4.39 Å². The first-order valence-electron chi connectivity index (χ1n) is 6.92. The van der Waals surface area contributed by atoms with Crippen LogP contribution in [0.3, 0.4) is 0 Å². The molecule has 1 aliphatic rings. The first-order chi connectivity index (χ1) is 8.79. The molecule has 1 atom stereocenters. The van der Waals surface area contributed by atoms with Crippen molar-refractivity contribution in [3.8, 4) is 0 Å². The monoisotopic (exact) mass is 250 g/mol. The van der Waals surface area contributed by atoms with Gasteiger partial charge < -0.3 is 5.32 Å². The van der Waals surface area contributed by atoms with E-state index in [9.17, 15) is 4.39 Å². The van der Waals surface area contributed by atoms with E-state index in [0.717, 1.165) is 25.2 Å². The quantitative estimate of drug-likeness (QED) is 0.864. The van der Waals surface area contributed by atoms with Crippen molar-refractivity contribution in [3.63, 3.8) is 0 Å². The number of likely N-dealkylation sites (tertiary alicyclic amines) is 1. The Labute approximate surface area is 109 Å². The van der Waals surface area contributed by atoms with Gasteiger partial charge in [0.15, 0.2) is 0 Å². The fraction of sp³-hybridized carbons (Fsp3) is 0.600. The second-order valence-corrected chi connectivity index (χ2v) is 5.14. The minimum Gasteiger partial charge on any atom is -0.320 e. The highest BCUT2D eigenvalue weighted by Gasteiger charge is 2.21. The maximum Gasteiger partial charge on any atom is 0.123 e. The maximum absolute atomic E-state index is 13.2. The van der Waals surface area contributed by atoms with Crippen molar-refractivity contribution in [2.45, 2.75) is 38.3 Å². The number of benzene rings is 1. The molecule has 1 aliphatic heterocycles. The average Bonchev–Trinajstić information content (AvgIpc) is 2.38. The molecule has 1 aromatic rings. The number of rotatable bonds is 5. The Morgan fingerprint density at radius 1 is 1.39 bits per heavy atom. The summed E-state index contributed by atoms with van der Waals surface area (Å²) < 4.78 is 13.2. The van der Waals surface area contributed by atoms with Crippen LogP contribution in [0, 0.1) is 5.82 Å². The zero-order valence-corrected chi connectivity index (χ0v) is 11.2. The first-order valence-corrected chi connectivity index (χ1v) is 6.92. The molecule has 1 unspecified atom stereocenters. The summed E-state index contributed by atoms with van der Waals surface area (Å²) in [6.07, 6.45) is 5.06. The van der Waals surface area contributed by atoms with Crippen LogP contribution in [-0.2, 0) is 6.54 Å². The van der Waals surface area contributed by atoms with Gasteiger partial charge in [-0.15, -0.1) is 0 Å². The van der Waals surface area contributed by atoms with Crippen molar-refractivity contribution in [1.29, 1.82) is 0 Å². The smallest absolute Gasteiger partial charge is 0.123 e. The average molecular weight is 250 g/mol. The van der Waals surface area contributed by atoms with Crippen LogP contribution < -0.4 is 5.32 Å². The first kappa shape index (κ1) is 13.5. The highest BCUT2D eigenvalue weighted by Crippen LogP contribution is 2.21. The lowest BCUT2D eigenvalue weighted by Crippen LogP contribution is -2.40. The van der Waals surface area contributed by atoms with E-state index in [1.807, 2.05) is 13.1 Å². The predicted molar refractivity (Wildman–Crippen MR) is 73.0 cm³/mol. The lowest BCUT2D eigenvalue weighted by atomic mass is 9.98. The summed E-state index contributed by atoms with van der Waals surface area (Å²) in [5, 5.41) is 3.22. The summed E-state index contributed by atoms with van der Waals surface area (Å²) >= 11 is 0. The Hall–Kier alpha value is -0.930. The Morgan fingerprint density at radius 3 is 3.06 bits per heavy atom. The normalized spacial score (nSPS) is 21.1. The van der Waals surface area contributed by atoms with Crippen LogP contribution in [0.15, 0.2) is 24.3 Å². The summed E-state index contributed by atoms with van der Waals surface area (Å²) in [6.45, 7) is 3.08. The number of hydrogen-bond acceptors (Lipinski definition) is 2. The predicted octanol–water partition coefficient (Wildman–Crippen LogP) is 2.79. The van der Waals surface area contributed by atoms with Crippen molar-refractivity contribution in [1.82, 2.24) is 10.2 Å². The Morgan fingerprint density at radius 2 is 2.28 bits per heavy atom. The molecule has 0 amide bonds. The molecule has 1 aromatic carbocycles. The van der Waals surface area contributed by atoms with Crippen molar-refractivity contribution >= 4 is 0 Å². The van der Waals surface area contributed by atoms with Crippen LogP contribution in [0.5, 0.6) is 0 Å². The van der Waals surface area contributed by atoms with Crippen molar-refractivity contribution in [2.24, 2.45) is 0 Å². The third-order valence-electron chi connectivity index (χ3n) is 3.75. The van der Waals surface area contributed by atoms with E-state index in [-0.39, 0.29) is 5.82 Å². The number of nitrogens with zero attached hydrogens (tertiary/aromatic N) is 1. The van der Waals surface area contributed by atoms with E-state index in [1.165, 1.54) is 31.7 Å². The molecule has 100 valence electrons. The Bertz CT molecular complexity index is 367. The van der Waals surface area contributed by atoms with Gasteiger partial charge >= 0.3 is 0 Å². The van der Waals surface area contributed by atoms with Gasteiger partial charge in [-0.25, -0.2) is 4.39 Å². The third-order valence-corrected chi connectivity index (χ3v) is 3.75. The van der Waals surface area contributed by atoms with Gasteiger partial charge in [-0.2, -0.15) is 0 Å². The van der Waals surface area contributed by atoms with Gasteiger partial charge in [0, 0.05) is 12.6 Å². The van der Waals surface area contributed by atoms with Gasteiger partial charge in [0.05, 0.1) is 0 Å². The van der Waals surface area contributed by atoms with E-state index in [2.05, 4.69) is 10.2 Å². The van der Waals surface area contributed by atoms with Crippen LogP contribution in [-0.4, -0.2) is 31.1 Å². The fourth-order valence-corrected chi connectivity index (χ4v) is 2.78. The molecule has 3 heteroatoms. The molecule has 0 aliphatic carbocycles. The highest BCUT2D eigenvalue weighted by molar-refractivity contribution is 5.16. The largest absolute Gasteiger partial charge is 0.320 e. The van der Waals surface area contributed by atoms with Crippen molar-refractivity contribution in [2.75, 3.05) is 20.1 Å². The van der Waals surface area contributed by atoms with E-state index in [0.29, 0.717) is 6.04 Å². The number of piperidine rings is 1. The minimum absolute atomic E-state index is 0.128. The molecule has 1 saturated heterocycles. The highest BCUT2D eigenvalue weighted by atomic mass is 19.1. The molecule has 0 bridgehead atoms. The van der Waals surface area contributed by atoms with E-state index in [4.69, 9.17) is 0 Å².